The topological polar surface area (TPSA) is 65.0 Å². The van der Waals surface area contributed by atoms with Gasteiger partial charge in [-0.2, -0.15) is 0 Å². The Bertz CT molecular complexity index is 542. The van der Waals surface area contributed by atoms with E-state index >= 15 is 0 Å². The van der Waals surface area contributed by atoms with Gasteiger partial charge in [0.1, 0.15) is 8.77 Å². The van der Waals surface area contributed by atoms with Crippen LogP contribution in [0.1, 0.15) is 47.0 Å². The molecule has 1 rings (SSSR count). The minimum atomic E-state index is -3.26. The van der Waals surface area contributed by atoms with Crippen LogP contribution in [-0.2, 0) is 33.2 Å². The Morgan fingerprint density at radius 3 is 2.17 bits per heavy atom. The lowest BCUT2D eigenvalue weighted by Crippen LogP contribution is -2.50. The maximum Gasteiger partial charge on any atom is 0.533 e. The molecule has 0 aromatic rings. The highest BCUT2D eigenvalue weighted by Crippen LogP contribution is 2.41. The molecule has 5 nitrogen and oxygen atoms in total. The van der Waals surface area contributed by atoms with Gasteiger partial charge < -0.3 is 17.8 Å². The summed E-state index contributed by atoms with van der Waals surface area (Å²) in [5, 5.41) is 0.961. The van der Waals surface area contributed by atoms with Crippen LogP contribution in [0.4, 0.5) is 0 Å². The standard InChI is InChI=1S/C16H30O5S2Si/c1-5-11-16(14-23(17,18)22)12-9-10-15(13-16)24(19-6-2,20-7-3)21-8-4/h9-10,12H,5-8,11,13-14H2,1-4H3,(H,17,18,22). The van der Waals surface area contributed by atoms with Gasteiger partial charge in [-0.15, -0.1) is 0 Å². The Hall–Kier alpha value is -0.0931. The van der Waals surface area contributed by atoms with E-state index in [4.69, 9.17) is 24.5 Å². The van der Waals surface area contributed by atoms with Crippen LogP contribution >= 0.6 is 0 Å². The minimum Gasteiger partial charge on any atom is -0.370 e. The van der Waals surface area contributed by atoms with Crippen molar-refractivity contribution in [3.63, 3.8) is 0 Å². The highest BCUT2D eigenvalue weighted by atomic mass is 32.8. The summed E-state index contributed by atoms with van der Waals surface area (Å²) in [7, 11) is -6.25. The maximum atomic E-state index is 11.9. The first kappa shape index (κ1) is 21.9. The number of rotatable bonds is 11. The summed E-state index contributed by atoms with van der Waals surface area (Å²) in [6, 6.07) is 0. The lowest BCUT2D eigenvalue weighted by molar-refractivity contribution is 0.0781. The third-order valence-electron chi connectivity index (χ3n) is 3.90. The summed E-state index contributed by atoms with van der Waals surface area (Å²) < 4.78 is 39.6. The van der Waals surface area contributed by atoms with E-state index in [1.54, 1.807) is 0 Å². The molecule has 0 heterocycles. The zero-order chi connectivity index (χ0) is 18.3. The van der Waals surface area contributed by atoms with Gasteiger partial charge in [-0.1, -0.05) is 31.6 Å². The van der Waals surface area contributed by atoms with Gasteiger partial charge in [0.2, 0.25) is 0 Å². The van der Waals surface area contributed by atoms with Crippen molar-refractivity contribution in [3.05, 3.63) is 23.4 Å². The first-order chi connectivity index (χ1) is 11.3. The molecule has 0 fully saturated rings. The summed E-state index contributed by atoms with van der Waals surface area (Å²) in [5.74, 6) is 0.0614. The SMILES string of the molecule is CCCC1(CS(=O)(O)=S)C=CC=C([Si](OCC)(OCC)OCC)C1. The lowest BCUT2D eigenvalue weighted by Gasteiger charge is -2.38. The molecule has 140 valence electrons. The second-order valence-electron chi connectivity index (χ2n) is 5.92. The maximum absolute atomic E-state index is 11.9. The van der Waals surface area contributed by atoms with Gasteiger partial charge in [0, 0.05) is 41.6 Å². The fourth-order valence-electron chi connectivity index (χ4n) is 3.25. The molecule has 0 aromatic heterocycles. The monoisotopic (exact) mass is 394 g/mol. The molecule has 0 bridgehead atoms. The molecular formula is C16H30O5S2Si. The van der Waals surface area contributed by atoms with Crippen LogP contribution in [0, 0.1) is 5.41 Å². The van der Waals surface area contributed by atoms with Crippen LogP contribution in [0.15, 0.2) is 23.4 Å². The molecule has 0 spiro atoms. The van der Waals surface area contributed by atoms with Gasteiger partial charge in [-0.25, -0.2) is 4.21 Å². The first-order valence-corrected chi connectivity index (χ1v) is 12.9. The Labute approximate surface area is 152 Å². The zero-order valence-electron chi connectivity index (χ0n) is 15.1. The van der Waals surface area contributed by atoms with Crippen molar-refractivity contribution in [1.29, 1.82) is 0 Å². The molecule has 0 aromatic carbocycles. The van der Waals surface area contributed by atoms with Gasteiger partial charge in [0.25, 0.3) is 0 Å². The predicted octanol–water partition coefficient (Wildman–Crippen LogP) is 3.47. The van der Waals surface area contributed by atoms with Crippen molar-refractivity contribution in [1.82, 2.24) is 0 Å². The molecule has 0 aliphatic heterocycles. The molecule has 0 saturated heterocycles. The van der Waals surface area contributed by atoms with Crippen LogP contribution in [0.2, 0.25) is 0 Å². The molecule has 0 amide bonds. The van der Waals surface area contributed by atoms with E-state index in [1.165, 1.54) is 0 Å². The van der Waals surface area contributed by atoms with E-state index in [0.717, 1.165) is 18.0 Å². The van der Waals surface area contributed by atoms with E-state index in [9.17, 15) is 8.76 Å². The van der Waals surface area contributed by atoms with E-state index in [0.29, 0.717) is 26.2 Å². The van der Waals surface area contributed by atoms with Crippen molar-refractivity contribution in [2.45, 2.75) is 47.0 Å². The lowest BCUT2D eigenvalue weighted by atomic mass is 9.79. The molecule has 8 heteroatoms. The van der Waals surface area contributed by atoms with E-state index in [1.807, 2.05) is 39.0 Å². The number of allylic oxidation sites excluding steroid dienone is 4. The fourth-order valence-corrected chi connectivity index (χ4v) is 7.84. The molecule has 1 aliphatic carbocycles. The number of hydrogen-bond donors (Lipinski definition) is 1. The van der Waals surface area contributed by atoms with Crippen LogP contribution in [-0.4, -0.2) is 43.1 Å². The molecule has 1 aliphatic rings. The third kappa shape index (κ3) is 6.01. The average molecular weight is 395 g/mol. The first-order valence-electron chi connectivity index (χ1n) is 8.52. The van der Waals surface area contributed by atoms with Crippen molar-refractivity contribution in [2.24, 2.45) is 5.41 Å². The van der Waals surface area contributed by atoms with E-state index < -0.39 is 23.0 Å². The van der Waals surface area contributed by atoms with Gasteiger partial charge >= 0.3 is 8.80 Å². The van der Waals surface area contributed by atoms with E-state index in [-0.39, 0.29) is 5.75 Å². The third-order valence-corrected chi connectivity index (χ3v) is 8.33. The van der Waals surface area contributed by atoms with Gasteiger partial charge in [-0.3, -0.25) is 0 Å². The highest BCUT2D eigenvalue weighted by molar-refractivity contribution is 8.29. The average Bonchev–Trinajstić information content (AvgIpc) is 2.46. The fraction of sp³-hybridized carbons (Fsp3) is 0.750. The quantitative estimate of drug-likeness (QED) is 0.541. The Kier molecular flexibility index (Phi) is 8.74. The molecule has 1 N–H and O–H groups in total. The Morgan fingerprint density at radius 2 is 1.75 bits per heavy atom. The van der Waals surface area contributed by atoms with E-state index in [2.05, 4.69) is 6.92 Å². The van der Waals surface area contributed by atoms with Crippen molar-refractivity contribution in [2.75, 3.05) is 25.6 Å². The molecule has 2 atom stereocenters. The van der Waals surface area contributed by atoms with Gasteiger partial charge in [0.15, 0.2) is 0 Å². The van der Waals surface area contributed by atoms with Crippen LogP contribution in [0.5, 0.6) is 0 Å². The predicted molar refractivity (Wildman–Crippen MR) is 103 cm³/mol. The largest absolute Gasteiger partial charge is 0.533 e. The minimum absolute atomic E-state index is 0.0614. The molecule has 0 saturated carbocycles. The summed E-state index contributed by atoms with van der Waals surface area (Å²) >= 11 is 4.79. The summed E-state index contributed by atoms with van der Waals surface area (Å²) in [6.45, 7) is 9.30. The summed E-state index contributed by atoms with van der Waals surface area (Å²) in [6.07, 6.45) is 8.17. The summed E-state index contributed by atoms with van der Waals surface area (Å²) in [4.78, 5) is 0. The zero-order valence-corrected chi connectivity index (χ0v) is 17.7. The van der Waals surface area contributed by atoms with Gasteiger partial charge in [0.05, 0.1) is 5.75 Å². The second kappa shape index (κ2) is 9.56. The molecule has 2 unspecified atom stereocenters. The molecule has 0 radical (unpaired) electrons. The van der Waals surface area contributed by atoms with Crippen molar-refractivity contribution in [3.8, 4) is 0 Å². The van der Waals surface area contributed by atoms with Crippen LogP contribution in [0.3, 0.4) is 0 Å². The van der Waals surface area contributed by atoms with Crippen LogP contribution in [0.25, 0.3) is 0 Å². The Balaban J connectivity index is 3.22. The number of hydrogen-bond acceptors (Lipinski definition) is 5. The van der Waals surface area contributed by atoms with Crippen molar-refractivity contribution >= 4 is 28.8 Å². The molecular weight excluding hydrogens is 364 g/mol. The van der Waals surface area contributed by atoms with Crippen LogP contribution < -0.4 is 0 Å². The normalized spacial score (nSPS) is 23.8. The Morgan fingerprint density at radius 1 is 1.21 bits per heavy atom. The smallest absolute Gasteiger partial charge is 0.370 e. The highest BCUT2D eigenvalue weighted by Gasteiger charge is 2.48. The summed E-state index contributed by atoms with van der Waals surface area (Å²) in [5.41, 5.74) is -0.448. The van der Waals surface area contributed by atoms with Crippen molar-refractivity contribution < 1.29 is 22.0 Å². The van der Waals surface area contributed by atoms with Gasteiger partial charge in [-0.05, 0) is 33.6 Å². The second-order valence-corrected chi connectivity index (χ2v) is 11.6. The molecule has 24 heavy (non-hydrogen) atoms.